The number of aromatic nitrogens is 2. The largest absolute Gasteiger partial charge is 0.414 e. The van der Waals surface area contributed by atoms with Gasteiger partial charge in [-0.25, -0.2) is 0 Å². The molecule has 2 saturated heterocycles. The summed E-state index contributed by atoms with van der Waals surface area (Å²) in [5, 5.41) is 14.4. The standard InChI is InChI=1S/C27H41N3O7Si2/c1-16(2)38(17(3)4)35-23-22(32)25(34-26(23)36-39(37-38,18(5)6)19(7)8)30-15-14-21(31)28-27(30)29-24(33)20-12-10-9-11-13-20/h9-19,22-23,25-26,32H,1-8H3,(H,28,29,31,33)/t22-,23+,25?,26-/m1/s1. The Labute approximate surface area is 232 Å². The Morgan fingerprint density at radius 1 is 0.923 bits per heavy atom. The van der Waals surface area contributed by atoms with E-state index in [0.717, 1.165) is 0 Å². The van der Waals surface area contributed by atoms with Gasteiger partial charge in [-0.1, -0.05) is 73.6 Å². The molecule has 4 rings (SSSR count). The molecule has 0 radical (unpaired) electrons. The van der Waals surface area contributed by atoms with Crippen LogP contribution in [0.15, 0.2) is 47.4 Å². The maximum atomic E-state index is 12.9. The molecule has 4 atom stereocenters. The van der Waals surface area contributed by atoms with E-state index in [0.29, 0.717) is 5.56 Å². The summed E-state index contributed by atoms with van der Waals surface area (Å²) >= 11 is 0. The molecule has 0 bridgehead atoms. The highest BCUT2D eigenvalue weighted by Gasteiger charge is 2.64. The first kappa shape index (κ1) is 29.8. The number of benzene rings is 1. The van der Waals surface area contributed by atoms with Gasteiger partial charge in [0.05, 0.1) is 0 Å². The summed E-state index contributed by atoms with van der Waals surface area (Å²) in [6, 6.07) is 9.87. The number of amides is 1. The number of carbonyl (C=O) groups is 1. The quantitative estimate of drug-likeness (QED) is 0.457. The van der Waals surface area contributed by atoms with Gasteiger partial charge in [-0.15, -0.1) is 0 Å². The summed E-state index contributed by atoms with van der Waals surface area (Å²) in [7, 11) is -5.88. The van der Waals surface area contributed by atoms with Gasteiger partial charge in [-0.2, -0.15) is 4.98 Å². The van der Waals surface area contributed by atoms with Crippen molar-refractivity contribution in [3.05, 3.63) is 58.5 Å². The number of hydrogen-bond donors (Lipinski definition) is 2. The number of nitrogens with one attached hydrogen (secondary N) is 1. The minimum Gasteiger partial charge on any atom is -0.414 e. The summed E-state index contributed by atoms with van der Waals surface area (Å²) in [6.07, 6.45) is -2.46. The highest BCUT2D eigenvalue weighted by atomic mass is 28.5. The van der Waals surface area contributed by atoms with Crippen molar-refractivity contribution >= 4 is 29.0 Å². The lowest BCUT2D eigenvalue weighted by atomic mass is 10.2. The lowest BCUT2D eigenvalue weighted by Crippen LogP contribution is -2.60. The first-order valence-corrected chi connectivity index (χ1v) is 17.6. The zero-order valence-electron chi connectivity index (χ0n) is 24.0. The monoisotopic (exact) mass is 575 g/mol. The SMILES string of the molecule is CC(C)[Si]1(C(C)C)O[C@H]2OC(n3ccc(=O)nc3NC(=O)c3ccccc3)[C@H](O)[C@@H]2O[Si](C(C)C)(C(C)C)O1. The van der Waals surface area contributed by atoms with Crippen LogP contribution in [0.2, 0.25) is 22.2 Å². The Morgan fingerprint density at radius 2 is 1.49 bits per heavy atom. The zero-order valence-corrected chi connectivity index (χ0v) is 26.0. The summed E-state index contributed by atoms with van der Waals surface area (Å²) < 4.78 is 28.6. The van der Waals surface area contributed by atoms with Crippen LogP contribution in [0.5, 0.6) is 0 Å². The van der Waals surface area contributed by atoms with Crippen LogP contribution >= 0.6 is 0 Å². The van der Waals surface area contributed by atoms with Gasteiger partial charge in [0, 0.05) is 17.8 Å². The number of anilines is 1. The van der Waals surface area contributed by atoms with Gasteiger partial charge in [-0.05, 0) is 34.3 Å². The molecule has 2 aliphatic rings. The van der Waals surface area contributed by atoms with Crippen LogP contribution in [0.1, 0.15) is 72.0 Å². The molecular weight excluding hydrogens is 534 g/mol. The molecule has 0 spiro atoms. The Hall–Kier alpha value is -2.20. The number of fused-ring (bicyclic) bond motifs is 1. The number of hydrogen-bond acceptors (Lipinski definition) is 8. The Bertz CT molecular complexity index is 1210. The molecule has 2 N–H and O–H groups in total. The average Bonchev–Trinajstić information content (AvgIpc) is 3.06. The second-order valence-corrected chi connectivity index (χ2v) is 20.4. The summed E-state index contributed by atoms with van der Waals surface area (Å²) in [5.74, 6) is -0.484. The second-order valence-electron chi connectivity index (χ2n) is 11.6. The van der Waals surface area contributed by atoms with Gasteiger partial charge in [0.1, 0.15) is 12.2 Å². The molecule has 3 heterocycles. The maximum absolute atomic E-state index is 12.9. The molecular formula is C27H41N3O7Si2. The minimum atomic E-state index is -2.95. The van der Waals surface area contributed by atoms with Crippen LogP contribution < -0.4 is 10.9 Å². The van der Waals surface area contributed by atoms with Crippen molar-refractivity contribution < 1.29 is 27.6 Å². The van der Waals surface area contributed by atoms with E-state index in [1.807, 2.05) is 0 Å². The van der Waals surface area contributed by atoms with Crippen LogP contribution in [0, 0.1) is 0 Å². The first-order chi connectivity index (χ1) is 18.3. The molecule has 214 valence electrons. The third-order valence-corrected chi connectivity index (χ3v) is 17.9. The van der Waals surface area contributed by atoms with Gasteiger partial charge in [0.25, 0.3) is 11.5 Å². The van der Waals surface area contributed by atoms with Crippen LogP contribution in [0.25, 0.3) is 0 Å². The van der Waals surface area contributed by atoms with Gasteiger partial charge in [0.15, 0.2) is 12.5 Å². The van der Waals surface area contributed by atoms with E-state index < -0.39 is 53.3 Å². The Kier molecular flexibility index (Phi) is 8.67. The molecule has 10 nitrogen and oxygen atoms in total. The lowest BCUT2D eigenvalue weighted by Gasteiger charge is -2.46. The maximum Gasteiger partial charge on any atom is 0.336 e. The molecule has 2 aliphatic heterocycles. The summed E-state index contributed by atoms with van der Waals surface area (Å²) in [6.45, 7) is 16.9. The second kappa shape index (κ2) is 11.4. The summed E-state index contributed by atoms with van der Waals surface area (Å²) in [5.41, 5.74) is 0.237. The van der Waals surface area contributed by atoms with Crippen LogP contribution in [-0.4, -0.2) is 56.2 Å². The number of carbonyl (C=O) groups excluding carboxylic acids is 1. The molecule has 0 aliphatic carbocycles. The van der Waals surface area contributed by atoms with E-state index in [1.54, 1.807) is 30.3 Å². The van der Waals surface area contributed by atoms with Gasteiger partial charge < -0.3 is 22.8 Å². The molecule has 1 aromatic heterocycles. The number of aliphatic hydroxyl groups excluding tert-OH is 1. The molecule has 2 fully saturated rings. The molecule has 1 amide bonds. The van der Waals surface area contributed by atoms with Gasteiger partial charge >= 0.3 is 17.1 Å². The molecule has 0 saturated carbocycles. The molecule has 39 heavy (non-hydrogen) atoms. The third-order valence-electron chi connectivity index (χ3n) is 7.70. The van der Waals surface area contributed by atoms with E-state index in [2.05, 4.69) is 65.7 Å². The van der Waals surface area contributed by atoms with E-state index >= 15 is 0 Å². The predicted molar refractivity (Wildman–Crippen MR) is 152 cm³/mol. The van der Waals surface area contributed by atoms with E-state index in [4.69, 9.17) is 17.7 Å². The van der Waals surface area contributed by atoms with Crippen molar-refractivity contribution in [2.45, 2.75) is 102 Å². The Morgan fingerprint density at radius 3 is 2.05 bits per heavy atom. The van der Waals surface area contributed by atoms with E-state index in [9.17, 15) is 14.7 Å². The number of rotatable bonds is 7. The van der Waals surface area contributed by atoms with Crippen molar-refractivity contribution in [1.29, 1.82) is 0 Å². The fourth-order valence-corrected chi connectivity index (χ4v) is 16.7. The lowest BCUT2D eigenvalue weighted by molar-refractivity contribution is -0.129. The van der Waals surface area contributed by atoms with Crippen molar-refractivity contribution in [2.75, 3.05) is 5.32 Å². The van der Waals surface area contributed by atoms with Gasteiger partial charge in [0.2, 0.25) is 5.95 Å². The van der Waals surface area contributed by atoms with E-state index in [-0.39, 0.29) is 28.1 Å². The highest BCUT2D eigenvalue weighted by molar-refractivity contribution is 6.84. The third kappa shape index (κ3) is 5.43. The zero-order chi connectivity index (χ0) is 28.7. The van der Waals surface area contributed by atoms with Gasteiger partial charge in [-0.3, -0.25) is 19.5 Å². The van der Waals surface area contributed by atoms with Crippen LogP contribution in [-0.2, 0) is 17.7 Å². The van der Waals surface area contributed by atoms with Crippen molar-refractivity contribution in [3.63, 3.8) is 0 Å². The predicted octanol–water partition coefficient (Wildman–Crippen LogP) is 4.67. The summed E-state index contributed by atoms with van der Waals surface area (Å²) in [4.78, 5) is 29.1. The molecule has 12 heteroatoms. The van der Waals surface area contributed by atoms with Crippen molar-refractivity contribution in [1.82, 2.24) is 9.55 Å². The minimum absolute atomic E-state index is 0.0411. The Balaban J connectivity index is 1.75. The number of nitrogens with zero attached hydrogens (tertiary/aromatic N) is 2. The van der Waals surface area contributed by atoms with Crippen LogP contribution in [0.3, 0.4) is 0 Å². The van der Waals surface area contributed by atoms with Crippen molar-refractivity contribution in [2.24, 2.45) is 0 Å². The molecule has 1 aromatic carbocycles. The fraction of sp³-hybridized carbons (Fsp3) is 0.593. The number of aliphatic hydroxyl groups is 1. The van der Waals surface area contributed by atoms with Crippen molar-refractivity contribution in [3.8, 4) is 0 Å². The number of ether oxygens (including phenoxy) is 1. The topological polar surface area (TPSA) is 121 Å². The average molecular weight is 576 g/mol. The first-order valence-electron chi connectivity index (χ1n) is 13.7. The molecule has 1 unspecified atom stereocenters. The molecule has 2 aromatic rings. The van der Waals surface area contributed by atoms with E-state index in [1.165, 1.54) is 16.8 Å². The van der Waals surface area contributed by atoms with Crippen LogP contribution in [0.4, 0.5) is 5.95 Å². The highest BCUT2D eigenvalue weighted by Crippen LogP contribution is 2.50. The smallest absolute Gasteiger partial charge is 0.336 e. The fourth-order valence-electron chi connectivity index (χ4n) is 5.58. The normalized spacial score (nSPS) is 26.2.